The van der Waals surface area contributed by atoms with Crippen molar-refractivity contribution in [2.45, 2.75) is 38.3 Å². The fourth-order valence-electron chi connectivity index (χ4n) is 2.67. The number of fused-ring (bicyclic) bond motifs is 1. The Balaban J connectivity index is 1.68. The SMILES string of the molecule is C[C@@]1(C(=O)NCc2ccc3[nH]c(=O)[nH]c3c2)CCCCO1. The second kappa shape index (κ2) is 5.37. The highest BCUT2D eigenvalue weighted by molar-refractivity contribution is 5.85. The lowest BCUT2D eigenvalue weighted by molar-refractivity contribution is -0.150. The molecule has 1 aromatic heterocycles. The quantitative estimate of drug-likeness (QED) is 0.799. The van der Waals surface area contributed by atoms with Gasteiger partial charge in [0.2, 0.25) is 0 Å². The zero-order valence-corrected chi connectivity index (χ0v) is 12.0. The molecular formula is C15H19N3O3. The molecule has 0 spiro atoms. The summed E-state index contributed by atoms with van der Waals surface area (Å²) in [6, 6.07) is 5.57. The molecule has 0 saturated carbocycles. The molecule has 2 heterocycles. The molecule has 21 heavy (non-hydrogen) atoms. The van der Waals surface area contributed by atoms with E-state index in [4.69, 9.17) is 4.74 Å². The minimum Gasteiger partial charge on any atom is -0.365 e. The van der Waals surface area contributed by atoms with Crippen molar-refractivity contribution in [3.05, 3.63) is 34.2 Å². The fourth-order valence-corrected chi connectivity index (χ4v) is 2.67. The fraction of sp³-hybridized carbons (Fsp3) is 0.467. The Labute approximate surface area is 121 Å². The molecule has 0 aliphatic carbocycles. The van der Waals surface area contributed by atoms with Crippen LogP contribution in [0.25, 0.3) is 11.0 Å². The van der Waals surface area contributed by atoms with Gasteiger partial charge in [0.15, 0.2) is 0 Å². The molecule has 1 amide bonds. The van der Waals surface area contributed by atoms with Crippen molar-refractivity contribution in [3.8, 4) is 0 Å². The van der Waals surface area contributed by atoms with E-state index in [1.165, 1.54) is 0 Å². The van der Waals surface area contributed by atoms with Crippen molar-refractivity contribution in [1.29, 1.82) is 0 Å². The topological polar surface area (TPSA) is 87.0 Å². The minimum atomic E-state index is -0.718. The molecule has 112 valence electrons. The smallest absolute Gasteiger partial charge is 0.323 e. The number of benzene rings is 1. The van der Waals surface area contributed by atoms with Gasteiger partial charge in [0.05, 0.1) is 11.0 Å². The summed E-state index contributed by atoms with van der Waals surface area (Å²) in [7, 11) is 0. The van der Waals surface area contributed by atoms with E-state index in [9.17, 15) is 9.59 Å². The van der Waals surface area contributed by atoms with Gasteiger partial charge < -0.3 is 20.0 Å². The molecule has 6 heteroatoms. The number of imidazole rings is 1. The van der Waals surface area contributed by atoms with Gasteiger partial charge in [-0.25, -0.2) is 4.79 Å². The Morgan fingerprint density at radius 1 is 1.33 bits per heavy atom. The van der Waals surface area contributed by atoms with Gasteiger partial charge in [-0.15, -0.1) is 0 Å². The molecule has 6 nitrogen and oxygen atoms in total. The number of carbonyl (C=O) groups excluding carboxylic acids is 1. The Hall–Kier alpha value is -2.08. The van der Waals surface area contributed by atoms with Crippen LogP contribution in [0, 0.1) is 0 Å². The zero-order valence-electron chi connectivity index (χ0n) is 12.0. The molecule has 1 saturated heterocycles. The standard InChI is InChI=1S/C15H19N3O3/c1-15(6-2-3-7-21-15)13(19)16-9-10-4-5-11-12(8-10)18-14(20)17-11/h4-5,8H,2-3,6-7,9H2,1H3,(H,16,19)(H2,17,18,20)/t15-/m0/s1. The predicted octanol–water partition coefficient (Wildman–Crippen LogP) is 1.43. The molecule has 0 bridgehead atoms. The van der Waals surface area contributed by atoms with E-state index < -0.39 is 5.60 Å². The predicted molar refractivity (Wildman–Crippen MR) is 79.0 cm³/mol. The van der Waals surface area contributed by atoms with Crippen LogP contribution in [0.4, 0.5) is 0 Å². The van der Waals surface area contributed by atoms with Crippen LogP contribution < -0.4 is 11.0 Å². The molecular weight excluding hydrogens is 270 g/mol. The summed E-state index contributed by atoms with van der Waals surface area (Å²) in [6.45, 7) is 2.90. The van der Waals surface area contributed by atoms with Crippen molar-refractivity contribution < 1.29 is 9.53 Å². The number of hydrogen-bond donors (Lipinski definition) is 3. The maximum atomic E-state index is 12.3. The maximum Gasteiger partial charge on any atom is 0.323 e. The Kier molecular flexibility index (Phi) is 3.55. The number of aromatic amines is 2. The third-order valence-electron chi connectivity index (χ3n) is 3.98. The van der Waals surface area contributed by atoms with Gasteiger partial charge in [0, 0.05) is 13.2 Å². The summed E-state index contributed by atoms with van der Waals surface area (Å²) in [6.07, 6.45) is 2.78. The molecule has 0 radical (unpaired) electrons. The molecule has 1 aliphatic heterocycles. The van der Waals surface area contributed by atoms with Gasteiger partial charge in [-0.1, -0.05) is 6.07 Å². The Morgan fingerprint density at radius 2 is 2.14 bits per heavy atom. The second-order valence-corrected chi connectivity index (χ2v) is 5.68. The largest absolute Gasteiger partial charge is 0.365 e. The first kappa shape index (κ1) is 13.9. The molecule has 3 N–H and O–H groups in total. The summed E-state index contributed by atoms with van der Waals surface area (Å²) in [4.78, 5) is 28.9. The number of hydrogen-bond acceptors (Lipinski definition) is 3. The average Bonchev–Trinajstić information content (AvgIpc) is 2.84. The lowest BCUT2D eigenvalue weighted by Gasteiger charge is -2.32. The van der Waals surface area contributed by atoms with Crippen molar-refractivity contribution in [2.24, 2.45) is 0 Å². The summed E-state index contributed by atoms with van der Waals surface area (Å²) in [5, 5.41) is 2.91. The van der Waals surface area contributed by atoms with Crippen molar-refractivity contribution in [2.75, 3.05) is 6.61 Å². The van der Waals surface area contributed by atoms with Crippen molar-refractivity contribution >= 4 is 16.9 Å². The van der Waals surface area contributed by atoms with E-state index in [0.717, 1.165) is 35.9 Å². The molecule has 1 fully saturated rings. The van der Waals surface area contributed by atoms with Crippen LogP contribution >= 0.6 is 0 Å². The number of aromatic nitrogens is 2. The van der Waals surface area contributed by atoms with Gasteiger partial charge in [-0.3, -0.25) is 4.79 Å². The molecule has 3 rings (SSSR count). The first-order valence-corrected chi connectivity index (χ1v) is 7.20. The number of H-pyrrole nitrogens is 2. The Bertz CT molecular complexity index is 710. The average molecular weight is 289 g/mol. The highest BCUT2D eigenvalue weighted by atomic mass is 16.5. The third kappa shape index (κ3) is 2.85. The van der Waals surface area contributed by atoms with E-state index in [-0.39, 0.29) is 11.6 Å². The van der Waals surface area contributed by atoms with Crippen LogP contribution in [0.3, 0.4) is 0 Å². The van der Waals surface area contributed by atoms with E-state index in [1.807, 2.05) is 25.1 Å². The Morgan fingerprint density at radius 3 is 2.90 bits per heavy atom. The molecule has 1 atom stereocenters. The first-order valence-electron chi connectivity index (χ1n) is 7.20. The number of carbonyl (C=O) groups is 1. The first-order chi connectivity index (χ1) is 10.1. The number of nitrogens with one attached hydrogen (secondary N) is 3. The number of amides is 1. The lowest BCUT2D eigenvalue weighted by atomic mass is 9.95. The highest BCUT2D eigenvalue weighted by Gasteiger charge is 2.35. The number of rotatable bonds is 3. The van der Waals surface area contributed by atoms with Gasteiger partial charge in [-0.2, -0.15) is 0 Å². The molecule has 1 aliphatic rings. The van der Waals surface area contributed by atoms with Crippen LogP contribution in [0.5, 0.6) is 0 Å². The van der Waals surface area contributed by atoms with E-state index in [1.54, 1.807) is 0 Å². The van der Waals surface area contributed by atoms with Crippen LogP contribution in [-0.2, 0) is 16.1 Å². The monoisotopic (exact) mass is 289 g/mol. The van der Waals surface area contributed by atoms with Crippen LogP contribution in [0.1, 0.15) is 31.7 Å². The highest BCUT2D eigenvalue weighted by Crippen LogP contribution is 2.24. The number of ether oxygens (including phenoxy) is 1. The van der Waals surface area contributed by atoms with Gasteiger partial charge in [-0.05, 0) is 43.9 Å². The molecule has 1 aromatic carbocycles. The van der Waals surface area contributed by atoms with E-state index in [0.29, 0.717) is 13.2 Å². The van der Waals surface area contributed by atoms with Gasteiger partial charge >= 0.3 is 5.69 Å². The van der Waals surface area contributed by atoms with Crippen LogP contribution in [-0.4, -0.2) is 28.1 Å². The summed E-state index contributed by atoms with van der Waals surface area (Å²) in [5.74, 6) is -0.0788. The van der Waals surface area contributed by atoms with Gasteiger partial charge in [0.25, 0.3) is 5.91 Å². The summed E-state index contributed by atoms with van der Waals surface area (Å²) in [5.41, 5.74) is 1.49. The third-order valence-corrected chi connectivity index (χ3v) is 3.98. The van der Waals surface area contributed by atoms with E-state index >= 15 is 0 Å². The summed E-state index contributed by atoms with van der Waals surface area (Å²) < 4.78 is 5.62. The zero-order chi connectivity index (χ0) is 14.9. The minimum absolute atomic E-state index is 0.0788. The molecule has 2 aromatic rings. The van der Waals surface area contributed by atoms with E-state index in [2.05, 4.69) is 15.3 Å². The van der Waals surface area contributed by atoms with Crippen LogP contribution in [0.2, 0.25) is 0 Å². The lowest BCUT2D eigenvalue weighted by Crippen LogP contribution is -2.48. The van der Waals surface area contributed by atoms with Crippen LogP contribution in [0.15, 0.2) is 23.0 Å². The molecule has 0 unspecified atom stereocenters. The normalized spacial score (nSPS) is 22.3. The van der Waals surface area contributed by atoms with Crippen molar-refractivity contribution in [3.63, 3.8) is 0 Å². The van der Waals surface area contributed by atoms with Gasteiger partial charge in [0.1, 0.15) is 5.60 Å². The maximum absolute atomic E-state index is 12.3. The second-order valence-electron chi connectivity index (χ2n) is 5.68. The van der Waals surface area contributed by atoms with Crippen molar-refractivity contribution in [1.82, 2.24) is 15.3 Å². The summed E-state index contributed by atoms with van der Waals surface area (Å²) >= 11 is 0.